The Morgan fingerprint density at radius 1 is 1.36 bits per heavy atom. The zero-order valence-corrected chi connectivity index (χ0v) is 8.37. The third-order valence-corrected chi connectivity index (χ3v) is 4.18. The van der Waals surface area contributed by atoms with Crippen LogP contribution in [0, 0.1) is 0 Å². The first-order chi connectivity index (χ1) is 6.41. The number of hydrogen-bond donors (Lipinski definition) is 0. The van der Waals surface area contributed by atoms with Gasteiger partial charge in [-0.3, -0.25) is 14.5 Å². The van der Waals surface area contributed by atoms with Crippen LogP contribution in [-0.2, 0) is 19.4 Å². The molecule has 5 nitrogen and oxygen atoms in total. The molecular weight excluding hydrogens is 206 g/mol. The fourth-order valence-electron chi connectivity index (χ4n) is 1.64. The number of amides is 2. The largest absolute Gasteiger partial charge is 0.270 e. The summed E-state index contributed by atoms with van der Waals surface area (Å²) < 4.78 is 21.8. The van der Waals surface area contributed by atoms with E-state index in [4.69, 9.17) is 0 Å². The minimum absolute atomic E-state index is 0.0917. The quantitative estimate of drug-likeness (QED) is 0.531. The summed E-state index contributed by atoms with van der Waals surface area (Å²) in [5, 5.41) is 0. The van der Waals surface area contributed by atoms with E-state index in [1.807, 2.05) is 0 Å². The minimum atomic E-state index is -3.00. The average Bonchev–Trinajstić information content (AvgIpc) is 2.22. The van der Waals surface area contributed by atoms with Gasteiger partial charge in [0.1, 0.15) is 0 Å². The van der Waals surface area contributed by atoms with E-state index in [-0.39, 0.29) is 17.4 Å². The van der Waals surface area contributed by atoms with Gasteiger partial charge in [0.15, 0.2) is 9.84 Å². The Balaban J connectivity index is 2.16. The number of hydrogen-bond acceptors (Lipinski definition) is 4. The molecule has 0 atom stereocenters. The molecule has 0 aromatic heterocycles. The van der Waals surface area contributed by atoms with Gasteiger partial charge in [-0.25, -0.2) is 8.42 Å². The molecule has 0 aromatic carbocycles. The standard InChI is InChI=1S/C8H9NO4S/c1-5-2-7(10)9(8(5)11)6-3-14(12,13)4-6/h2,6H,3-4H2,1H3. The Kier molecular flexibility index (Phi) is 1.79. The minimum Gasteiger partial charge on any atom is -0.270 e. The van der Waals surface area contributed by atoms with Crippen LogP contribution in [0.1, 0.15) is 6.92 Å². The lowest BCUT2D eigenvalue weighted by atomic mass is 10.3. The van der Waals surface area contributed by atoms with Crippen LogP contribution in [0.3, 0.4) is 0 Å². The molecule has 2 heterocycles. The molecule has 6 heteroatoms. The molecule has 2 aliphatic heterocycles. The molecule has 76 valence electrons. The van der Waals surface area contributed by atoms with Gasteiger partial charge in [0.05, 0.1) is 17.5 Å². The molecule has 0 bridgehead atoms. The Bertz CT molecular complexity index is 436. The summed E-state index contributed by atoms with van der Waals surface area (Å²) in [5.41, 5.74) is 0.374. The summed E-state index contributed by atoms with van der Waals surface area (Å²) in [5.74, 6) is -0.945. The van der Waals surface area contributed by atoms with E-state index >= 15 is 0 Å². The zero-order chi connectivity index (χ0) is 10.5. The van der Waals surface area contributed by atoms with Gasteiger partial charge in [0, 0.05) is 11.6 Å². The topological polar surface area (TPSA) is 71.5 Å². The summed E-state index contributed by atoms with van der Waals surface area (Å²) in [6, 6.07) is -0.450. The molecule has 0 aromatic rings. The Morgan fingerprint density at radius 2 is 1.93 bits per heavy atom. The van der Waals surface area contributed by atoms with Crippen LogP contribution in [0.15, 0.2) is 11.6 Å². The molecule has 0 unspecified atom stereocenters. The summed E-state index contributed by atoms with van der Waals surface area (Å²) in [7, 11) is -3.00. The normalized spacial score (nSPS) is 26.4. The first-order valence-corrected chi connectivity index (χ1v) is 5.99. The molecule has 2 aliphatic rings. The lowest BCUT2D eigenvalue weighted by Crippen LogP contribution is -2.55. The molecule has 0 N–H and O–H groups in total. The van der Waals surface area contributed by atoms with Gasteiger partial charge in [-0.2, -0.15) is 0 Å². The van der Waals surface area contributed by atoms with Crippen molar-refractivity contribution in [2.45, 2.75) is 13.0 Å². The fraction of sp³-hybridized carbons (Fsp3) is 0.500. The number of carbonyl (C=O) groups is 2. The first-order valence-electron chi connectivity index (χ1n) is 4.17. The van der Waals surface area contributed by atoms with Crippen LogP contribution in [0.5, 0.6) is 0 Å². The van der Waals surface area contributed by atoms with Crippen molar-refractivity contribution in [3.63, 3.8) is 0 Å². The predicted octanol–water partition coefficient (Wildman–Crippen LogP) is -0.901. The van der Waals surface area contributed by atoms with Crippen LogP contribution in [0.2, 0.25) is 0 Å². The molecule has 0 radical (unpaired) electrons. The van der Waals surface area contributed by atoms with Crippen LogP contribution in [-0.4, -0.2) is 42.7 Å². The van der Waals surface area contributed by atoms with Crippen molar-refractivity contribution in [2.75, 3.05) is 11.5 Å². The number of imide groups is 1. The maximum Gasteiger partial charge on any atom is 0.256 e. The van der Waals surface area contributed by atoms with Crippen LogP contribution < -0.4 is 0 Å². The van der Waals surface area contributed by atoms with Crippen LogP contribution in [0.4, 0.5) is 0 Å². The Hall–Kier alpha value is -1.17. The fourth-order valence-corrected chi connectivity index (χ4v) is 3.01. The molecule has 1 fully saturated rings. The van der Waals surface area contributed by atoms with E-state index in [2.05, 4.69) is 0 Å². The van der Waals surface area contributed by atoms with E-state index in [9.17, 15) is 18.0 Å². The first kappa shape index (κ1) is 9.39. The van der Waals surface area contributed by atoms with Crippen LogP contribution >= 0.6 is 0 Å². The highest BCUT2D eigenvalue weighted by molar-refractivity contribution is 7.92. The zero-order valence-electron chi connectivity index (χ0n) is 7.56. The second-order valence-corrected chi connectivity index (χ2v) is 5.73. The van der Waals surface area contributed by atoms with E-state index < -0.39 is 21.8 Å². The summed E-state index contributed by atoms with van der Waals surface area (Å²) in [4.78, 5) is 23.7. The van der Waals surface area contributed by atoms with Gasteiger partial charge < -0.3 is 0 Å². The van der Waals surface area contributed by atoms with Crippen LogP contribution in [0.25, 0.3) is 0 Å². The molecule has 0 saturated carbocycles. The lowest BCUT2D eigenvalue weighted by Gasteiger charge is -2.32. The average molecular weight is 215 g/mol. The molecule has 2 amide bonds. The maximum absolute atomic E-state index is 11.4. The monoisotopic (exact) mass is 215 g/mol. The lowest BCUT2D eigenvalue weighted by molar-refractivity contribution is -0.139. The smallest absolute Gasteiger partial charge is 0.256 e. The summed E-state index contributed by atoms with van der Waals surface area (Å²) in [6.45, 7) is 1.55. The second-order valence-electron chi connectivity index (χ2n) is 3.57. The van der Waals surface area contributed by atoms with Crippen molar-refractivity contribution in [3.05, 3.63) is 11.6 Å². The van der Waals surface area contributed by atoms with E-state index in [1.54, 1.807) is 6.92 Å². The molecular formula is C8H9NO4S. The molecule has 1 saturated heterocycles. The number of nitrogens with zero attached hydrogens (tertiary/aromatic N) is 1. The molecule has 14 heavy (non-hydrogen) atoms. The van der Waals surface area contributed by atoms with Gasteiger partial charge in [0.2, 0.25) is 0 Å². The number of sulfone groups is 1. The van der Waals surface area contributed by atoms with Gasteiger partial charge >= 0.3 is 0 Å². The van der Waals surface area contributed by atoms with Crippen molar-refractivity contribution in [2.24, 2.45) is 0 Å². The maximum atomic E-state index is 11.4. The van der Waals surface area contributed by atoms with E-state index in [0.29, 0.717) is 5.57 Å². The third-order valence-electron chi connectivity index (χ3n) is 2.39. The van der Waals surface area contributed by atoms with E-state index in [1.165, 1.54) is 6.08 Å². The van der Waals surface area contributed by atoms with Crippen molar-refractivity contribution in [1.29, 1.82) is 0 Å². The van der Waals surface area contributed by atoms with Crippen molar-refractivity contribution < 1.29 is 18.0 Å². The molecule has 0 aliphatic carbocycles. The summed E-state index contributed by atoms with van der Waals surface area (Å²) in [6.07, 6.45) is 1.24. The molecule has 2 rings (SSSR count). The van der Waals surface area contributed by atoms with Gasteiger partial charge in [-0.1, -0.05) is 0 Å². The summed E-state index contributed by atoms with van der Waals surface area (Å²) >= 11 is 0. The van der Waals surface area contributed by atoms with E-state index in [0.717, 1.165) is 4.90 Å². The van der Waals surface area contributed by atoms with Crippen molar-refractivity contribution in [1.82, 2.24) is 4.90 Å². The highest BCUT2D eigenvalue weighted by Crippen LogP contribution is 2.23. The Labute approximate surface area is 81.3 Å². The van der Waals surface area contributed by atoms with Gasteiger partial charge in [-0.15, -0.1) is 0 Å². The van der Waals surface area contributed by atoms with Crippen molar-refractivity contribution in [3.8, 4) is 0 Å². The molecule has 0 spiro atoms. The SMILES string of the molecule is CC1=CC(=O)N(C2CS(=O)(=O)C2)C1=O. The highest BCUT2D eigenvalue weighted by Gasteiger charge is 2.44. The van der Waals surface area contributed by atoms with Gasteiger partial charge in [0.25, 0.3) is 11.8 Å². The van der Waals surface area contributed by atoms with Gasteiger partial charge in [-0.05, 0) is 6.92 Å². The predicted molar refractivity (Wildman–Crippen MR) is 48.1 cm³/mol. The highest BCUT2D eigenvalue weighted by atomic mass is 32.2. The number of rotatable bonds is 1. The Morgan fingerprint density at radius 3 is 2.29 bits per heavy atom. The van der Waals surface area contributed by atoms with Crippen molar-refractivity contribution >= 4 is 21.7 Å². The third kappa shape index (κ3) is 1.26. The second kappa shape index (κ2) is 2.66. The number of carbonyl (C=O) groups excluding carboxylic acids is 2.